The van der Waals surface area contributed by atoms with E-state index in [0.29, 0.717) is 29.6 Å². The average Bonchev–Trinajstić information content (AvgIpc) is 3.21. The van der Waals surface area contributed by atoms with Gasteiger partial charge in [-0.25, -0.2) is 4.39 Å². The number of nitrogens with zero attached hydrogens (tertiary/aromatic N) is 4. The SMILES string of the molecule is COc1cc(C(C)=O)ccc1OCC(C)CN1CCN(n2ncc3ccc(F)cc32)CC1. The van der Waals surface area contributed by atoms with E-state index >= 15 is 0 Å². The van der Waals surface area contributed by atoms with Crippen LogP contribution >= 0.6 is 0 Å². The summed E-state index contributed by atoms with van der Waals surface area (Å²) in [6.07, 6.45) is 1.78. The summed E-state index contributed by atoms with van der Waals surface area (Å²) in [5.41, 5.74) is 1.40. The average molecular weight is 441 g/mol. The summed E-state index contributed by atoms with van der Waals surface area (Å²) >= 11 is 0. The second-order valence-corrected chi connectivity index (χ2v) is 8.33. The number of carbonyl (C=O) groups is 1. The Morgan fingerprint density at radius 2 is 1.91 bits per heavy atom. The zero-order chi connectivity index (χ0) is 22.7. The molecule has 3 aromatic rings. The summed E-state index contributed by atoms with van der Waals surface area (Å²) in [4.78, 5) is 15.8. The Morgan fingerprint density at radius 3 is 2.62 bits per heavy atom. The highest BCUT2D eigenvalue weighted by Crippen LogP contribution is 2.28. The quantitative estimate of drug-likeness (QED) is 0.501. The van der Waals surface area contributed by atoms with Gasteiger partial charge in [0.1, 0.15) is 5.82 Å². The third-order valence-electron chi connectivity index (χ3n) is 5.79. The molecule has 0 N–H and O–H groups in total. The third-order valence-corrected chi connectivity index (χ3v) is 5.79. The molecule has 0 spiro atoms. The van der Waals surface area contributed by atoms with Crippen LogP contribution in [-0.4, -0.2) is 67.0 Å². The summed E-state index contributed by atoms with van der Waals surface area (Å²) in [5.74, 6) is 1.28. The van der Waals surface area contributed by atoms with Gasteiger partial charge in [-0.2, -0.15) is 9.89 Å². The highest BCUT2D eigenvalue weighted by molar-refractivity contribution is 5.94. The molecule has 32 heavy (non-hydrogen) atoms. The molecule has 4 rings (SSSR count). The van der Waals surface area contributed by atoms with Gasteiger partial charge in [0.15, 0.2) is 17.3 Å². The number of Topliss-reactive ketones (excluding diaryl/α,β-unsaturated/α-hetero) is 1. The van der Waals surface area contributed by atoms with Gasteiger partial charge in [-0.3, -0.25) is 14.7 Å². The number of halogens is 1. The fourth-order valence-corrected chi connectivity index (χ4v) is 4.04. The predicted octanol–water partition coefficient (Wildman–Crippen LogP) is 3.36. The zero-order valence-corrected chi connectivity index (χ0v) is 18.8. The minimum Gasteiger partial charge on any atom is -0.493 e. The van der Waals surface area contributed by atoms with Crippen LogP contribution in [0.5, 0.6) is 11.5 Å². The number of ketones is 1. The molecule has 1 saturated heterocycles. The molecule has 0 aliphatic carbocycles. The molecule has 1 aliphatic rings. The van der Waals surface area contributed by atoms with E-state index < -0.39 is 0 Å². The highest BCUT2D eigenvalue weighted by atomic mass is 19.1. The Morgan fingerprint density at radius 1 is 1.12 bits per heavy atom. The van der Waals surface area contributed by atoms with Crippen LogP contribution in [-0.2, 0) is 0 Å². The van der Waals surface area contributed by atoms with E-state index in [1.165, 1.54) is 19.1 Å². The van der Waals surface area contributed by atoms with Crippen LogP contribution in [0.4, 0.5) is 4.39 Å². The van der Waals surface area contributed by atoms with Crippen LogP contribution in [0.2, 0.25) is 0 Å². The van der Waals surface area contributed by atoms with Gasteiger partial charge in [0.25, 0.3) is 0 Å². The van der Waals surface area contributed by atoms with E-state index in [1.807, 2.05) is 4.79 Å². The summed E-state index contributed by atoms with van der Waals surface area (Å²) in [6, 6.07) is 10.0. The van der Waals surface area contributed by atoms with Gasteiger partial charge >= 0.3 is 0 Å². The number of rotatable bonds is 8. The number of methoxy groups -OCH3 is 1. The Balaban J connectivity index is 1.29. The van der Waals surface area contributed by atoms with E-state index in [4.69, 9.17) is 9.47 Å². The van der Waals surface area contributed by atoms with Gasteiger partial charge in [-0.1, -0.05) is 6.92 Å². The van der Waals surface area contributed by atoms with Crippen molar-refractivity contribution in [3.8, 4) is 11.5 Å². The van der Waals surface area contributed by atoms with E-state index in [-0.39, 0.29) is 11.6 Å². The smallest absolute Gasteiger partial charge is 0.161 e. The molecule has 1 atom stereocenters. The molecule has 1 aliphatic heterocycles. The predicted molar refractivity (Wildman–Crippen MR) is 122 cm³/mol. The molecular weight excluding hydrogens is 411 g/mol. The molecule has 1 aromatic heterocycles. The lowest BCUT2D eigenvalue weighted by molar-refractivity contribution is 0.101. The first-order valence-corrected chi connectivity index (χ1v) is 10.9. The lowest BCUT2D eigenvalue weighted by atomic mass is 10.1. The lowest BCUT2D eigenvalue weighted by Crippen LogP contribution is -2.52. The van der Waals surface area contributed by atoms with Crippen molar-refractivity contribution >= 4 is 16.7 Å². The Kier molecular flexibility index (Phi) is 6.60. The Labute approximate surface area is 187 Å². The Bertz CT molecular complexity index is 1090. The second-order valence-electron chi connectivity index (χ2n) is 8.33. The van der Waals surface area contributed by atoms with E-state index in [1.54, 1.807) is 37.6 Å². The summed E-state index contributed by atoms with van der Waals surface area (Å²) in [7, 11) is 1.58. The molecule has 8 heteroatoms. The third kappa shape index (κ3) is 4.85. The Hall–Kier alpha value is -3.13. The number of hydrogen-bond acceptors (Lipinski definition) is 6. The molecule has 0 saturated carbocycles. The maximum atomic E-state index is 13.7. The maximum Gasteiger partial charge on any atom is 0.161 e. The van der Waals surface area contributed by atoms with Crippen molar-refractivity contribution < 1.29 is 18.7 Å². The van der Waals surface area contributed by atoms with Gasteiger partial charge < -0.3 is 9.47 Å². The van der Waals surface area contributed by atoms with Gasteiger partial charge in [-0.15, -0.1) is 0 Å². The molecule has 2 aromatic carbocycles. The molecule has 1 fully saturated rings. The fraction of sp³-hybridized carbons (Fsp3) is 0.417. The first-order chi connectivity index (χ1) is 15.4. The zero-order valence-electron chi connectivity index (χ0n) is 18.8. The minimum absolute atomic E-state index is 0.00407. The van der Waals surface area contributed by atoms with Crippen molar-refractivity contribution in [3.63, 3.8) is 0 Å². The fourth-order valence-electron chi connectivity index (χ4n) is 4.04. The monoisotopic (exact) mass is 440 g/mol. The number of carbonyl (C=O) groups excluding carboxylic acids is 1. The normalized spacial score (nSPS) is 15.7. The molecule has 7 nitrogen and oxygen atoms in total. The summed E-state index contributed by atoms with van der Waals surface area (Å²) < 4.78 is 25.0. The van der Waals surface area contributed by atoms with E-state index in [9.17, 15) is 9.18 Å². The number of piperazine rings is 1. The van der Waals surface area contributed by atoms with Crippen LogP contribution in [0, 0.1) is 11.7 Å². The second kappa shape index (κ2) is 9.56. The molecule has 0 amide bonds. The van der Waals surface area contributed by atoms with Crippen molar-refractivity contribution in [1.82, 2.24) is 14.8 Å². The molecule has 170 valence electrons. The van der Waals surface area contributed by atoms with Crippen LogP contribution in [0.25, 0.3) is 10.9 Å². The van der Waals surface area contributed by atoms with Crippen LogP contribution in [0.3, 0.4) is 0 Å². The number of ether oxygens (including phenoxy) is 2. The van der Waals surface area contributed by atoms with Crippen molar-refractivity contribution in [2.24, 2.45) is 5.92 Å². The molecule has 1 unspecified atom stereocenters. The number of aromatic nitrogens is 2. The summed E-state index contributed by atoms with van der Waals surface area (Å²) in [6.45, 7) is 8.60. The highest BCUT2D eigenvalue weighted by Gasteiger charge is 2.21. The largest absolute Gasteiger partial charge is 0.493 e. The number of benzene rings is 2. The maximum absolute atomic E-state index is 13.7. The van der Waals surface area contributed by atoms with Crippen LogP contribution in [0.15, 0.2) is 42.6 Å². The van der Waals surface area contributed by atoms with Gasteiger partial charge in [0.2, 0.25) is 0 Å². The number of hydrogen-bond donors (Lipinski definition) is 0. The molecule has 0 radical (unpaired) electrons. The number of fused-ring (bicyclic) bond motifs is 1. The van der Waals surface area contributed by atoms with Crippen molar-refractivity contribution in [1.29, 1.82) is 0 Å². The topological polar surface area (TPSA) is 59.8 Å². The first kappa shape index (κ1) is 22.1. The molecule has 0 bridgehead atoms. The van der Waals surface area contributed by atoms with E-state index in [2.05, 4.69) is 21.9 Å². The van der Waals surface area contributed by atoms with Crippen molar-refractivity contribution in [2.45, 2.75) is 13.8 Å². The minimum atomic E-state index is -0.251. The van der Waals surface area contributed by atoms with Gasteiger partial charge in [0.05, 0.1) is 25.4 Å². The summed E-state index contributed by atoms with van der Waals surface area (Å²) in [5, 5.41) is 7.54. The molecular formula is C24H29FN4O3. The van der Waals surface area contributed by atoms with Crippen LogP contribution in [0.1, 0.15) is 24.2 Å². The van der Waals surface area contributed by atoms with Gasteiger partial charge in [0, 0.05) is 55.7 Å². The van der Waals surface area contributed by atoms with Crippen molar-refractivity contribution in [3.05, 3.63) is 54.0 Å². The van der Waals surface area contributed by atoms with Gasteiger partial charge in [-0.05, 0) is 37.3 Å². The van der Waals surface area contributed by atoms with Crippen molar-refractivity contribution in [2.75, 3.05) is 51.4 Å². The lowest BCUT2D eigenvalue weighted by Gasteiger charge is -2.37. The van der Waals surface area contributed by atoms with E-state index in [0.717, 1.165) is 43.6 Å². The first-order valence-electron chi connectivity index (χ1n) is 10.9. The standard InChI is InChI=1S/C24H29FN4O3/c1-17(16-32-23-7-5-19(18(2)30)12-24(23)31-3)15-27-8-10-28(11-9-27)29-22-13-21(25)6-4-20(22)14-26-29/h4-7,12-14,17H,8-11,15-16H2,1-3H3. The van der Waals surface area contributed by atoms with Crippen LogP contribution < -0.4 is 14.5 Å². The molecule has 2 heterocycles.